The number of methoxy groups -OCH3 is 1. The van der Waals surface area contributed by atoms with Crippen LogP contribution in [0.15, 0.2) is 60.7 Å². The number of hydrogen-bond acceptors (Lipinski definition) is 4. The summed E-state index contributed by atoms with van der Waals surface area (Å²) in [4.78, 5) is 11.9. The number of carbonyl (C=O) groups is 1. The number of allylic oxidation sites excluding steroid dienone is 3. The highest BCUT2D eigenvalue weighted by molar-refractivity contribution is 6.04. The predicted octanol–water partition coefficient (Wildman–Crippen LogP) is 3.56. The summed E-state index contributed by atoms with van der Waals surface area (Å²) in [6, 6.07) is 11.1. The summed E-state index contributed by atoms with van der Waals surface area (Å²) in [5.74, 6) is 0.457. The number of phenolic OH excluding ortho intramolecular Hbond substituents is 2. The van der Waals surface area contributed by atoms with Gasteiger partial charge in [0.05, 0.1) is 7.11 Å². The third kappa shape index (κ3) is 3.99. The molecule has 0 bridgehead atoms. The maximum Gasteiger partial charge on any atom is 0.185 e. The monoisotopic (exact) mass is 296 g/mol. The van der Waals surface area contributed by atoms with E-state index >= 15 is 0 Å². The van der Waals surface area contributed by atoms with Crippen molar-refractivity contribution in [3.63, 3.8) is 0 Å². The number of benzene rings is 2. The Bertz CT molecular complexity index is 712. The van der Waals surface area contributed by atoms with E-state index < -0.39 is 0 Å². The molecule has 0 aromatic heterocycles. The number of phenols is 2. The summed E-state index contributed by atoms with van der Waals surface area (Å²) in [5.41, 5.74) is 1.35. The van der Waals surface area contributed by atoms with E-state index in [-0.39, 0.29) is 17.3 Å². The van der Waals surface area contributed by atoms with Crippen LogP contribution in [0.5, 0.6) is 17.2 Å². The van der Waals surface area contributed by atoms with Crippen LogP contribution >= 0.6 is 0 Å². The molecule has 0 atom stereocenters. The molecular formula is C18H16O4. The molecule has 0 radical (unpaired) electrons. The molecule has 2 aromatic rings. The Morgan fingerprint density at radius 2 is 1.77 bits per heavy atom. The molecule has 0 unspecified atom stereocenters. The zero-order valence-electron chi connectivity index (χ0n) is 12.1. The van der Waals surface area contributed by atoms with Gasteiger partial charge in [-0.3, -0.25) is 4.79 Å². The molecule has 0 saturated heterocycles. The number of hydrogen-bond donors (Lipinski definition) is 2. The minimum atomic E-state index is -0.145. The fourth-order valence-corrected chi connectivity index (χ4v) is 1.83. The second kappa shape index (κ2) is 7.13. The minimum Gasteiger partial charge on any atom is -0.508 e. The maximum atomic E-state index is 11.9. The molecule has 112 valence electrons. The van der Waals surface area contributed by atoms with Crippen LogP contribution in [0.1, 0.15) is 15.9 Å². The van der Waals surface area contributed by atoms with E-state index in [1.165, 1.54) is 25.3 Å². The van der Waals surface area contributed by atoms with Crippen molar-refractivity contribution in [2.24, 2.45) is 0 Å². The quantitative estimate of drug-likeness (QED) is 0.503. The largest absolute Gasteiger partial charge is 0.508 e. The van der Waals surface area contributed by atoms with Crippen molar-refractivity contribution in [2.45, 2.75) is 0 Å². The number of ether oxygens (including phenoxy) is 1. The van der Waals surface area contributed by atoms with Crippen LogP contribution in [0.3, 0.4) is 0 Å². The maximum absolute atomic E-state index is 11.9. The smallest absolute Gasteiger partial charge is 0.185 e. The summed E-state index contributed by atoms with van der Waals surface area (Å²) in [6.07, 6.45) is 6.60. The van der Waals surface area contributed by atoms with E-state index in [1.54, 1.807) is 48.6 Å². The average Bonchev–Trinajstić information content (AvgIpc) is 2.53. The first-order valence-electron chi connectivity index (χ1n) is 6.65. The van der Waals surface area contributed by atoms with Gasteiger partial charge in [-0.05, 0) is 48.0 Å². The Balaban J connectivity index is 2.02. The second-order valence-electron chi connectivity index (χ2n) is 4.56. The normalized spacial score (nSPS) is 11.1. The highest BCUT2D eigenvalue weighted by Gasteiger charge is 2.01. The van der Waals surface area contributed by atoms with Gasteiger partial charge in [0, 0.05) is 5.56 Å². The molecule has 2 N–H and O–H groups in total. The first-order chi connectivity index (χ1) is 10.6. The molecular weight excluding hydrogens is 280 g/mol. The van der Waals surface area contributed by atoms with E-state index in [2.05, 4.69) is 0 Å². The Kier molecular flexibility index (Phi) is 4.98. The SMILES string of the molecule is COc1cc(/C=C/C=C/C(=O)c2ccc(O)cc2)ccc1O. The first kappa shape index (κ1) is 15.4. The van der Waals surface area contributed by atoms with Crippen LogP contribution in [0.25, 0.3) is 6.08 Å². The van der Waals surface area contributed by atoms with Crippen molar-refractivity contribution in [2.75, 3.05) is 7.11 Å². The van der Waals surface area contributed by atoms with Crippen molar-refractivity contribution in [1.29, 1.82) is 0 Å². The van der Waals surface area contributed by atoms with E-state index in [4.69, 9.17) is 4.74 Å². The molecule has 0 heterocycles. The fourth-order valence-electron chi connectivity index (χ4n) is 1.83. The molecule has 0 saturated carbocycles. The third-order valence-electron chi connectivity index (χ3n) is 3.00. The number of ketones is 1. The van der Waals surface area contributed by atoms with Crippen LogP contribution in [0, 0.1) is 0 Å². The Hall–Kier alpha value is -3.01. The number of carbonyl (C=O) groups excluding carboxylic acids is 1. The molecule has 0 amide bonds. The van der Waals surface area contributed by atoms with Crippen LogP contribution in [0.4, 0.5) is 0 Å². The molecule has 4 nitrogen and oxygen atoms in total. The van der Waals surface area contributed by atoms with Gasteiger partial charge in [-0.1, -0.05) is 24.3 Å². The average molecular weight is 296 g/mol. The van der Waals surface area contributed by atoms with Crippen LogP contribution in [-0.2, 0) is 0 Å². The summed E-state index contributed by atoms with van der Waals surface area (Å²) < 4.78 is 5.02. The summed E-state index contributed by atoms with van der Waals surface area (Å²) >= 11 is 0. The molecule has 0 aliphatic heterocycles. The Morgan fingerprint density at radius 1 is 1.05 bits per heavy atom. The van der Waals surface area contributed by atoms with Gasteiger partial charge >= 0.3 is 0 Å². The third-order valence-corrected chi connectivity index (χ3v) is 3.00. The number of aromatic hydroxyl groups is 2. The first-order valence-corrected chi connectivity index (χ1v) is 6.65. The molecule has 2 rings (SSSR count). The van der Waals surface area contributed by atoms with Crippen LogP contribution in [0.2, 0.25) is 0 Å². The van der Waals surface area contributed by atoms with Gasteiger partial charge in [-0.15, -0.1) is 0 Å². The van der Waals surface area contributed by atoms with Gasteiger partial charge in [0.25, 0.3) is 0 Å². The lowest BCUT2D eigenvalue weighted by atomic mass is 10.1. The molecule has 0 aliphatic rings. The van der Waals surface area contributed by atoms with Gasteiger partial charge in [-0.25, -0.2) is 0 Å². The van der Waals surface area contributed by atoms with Crippen LogP contribution in [-0.4, -0.2) is 23.1 Å². The lowest BCUT2D eigenvalue weighted by Gasteiger charge is -2.03. The lowest BCUT2D eigenvalue weighted by Crippen LogP contribution is -1.92. The summed E-state index contributed by atoms with van der Waals surface area (Å²) in [5, 5.41) is 18.7. The van der Waals surface area contributed by atoms with E-state index in [1.807, 2.05) is 0 Å². The standard InChI is InChI=1S/C18H16O4/c1-22-18-12-13(6-11-17(18)21)4-2-3-5-16(20)14-7-9-15(19)10-8-14/h2-12,19,21H,1H3/b4-2+,5-3+. The Morgan fingerprint density at radius 3 is 2.45 bits per heavy atom. The summed E-state index contributed by atoms with van der Waals surface area (Å²) in [6.45, 7) is 0. The van der Waals surface area contributed by atoms with Gasteiger partial charge in [-0.2, -0.15) is 0 Å². The number of rotatable bonds is 5. The van der Waals surface area contributed by atoms with Crippen molar-refractivity contribution in [3.05, 3.63) is 71.8 Å². The highest BCUT2D eigenvalue weighted by atomic mass is 16.5. The van der Waals surface area contributed by atoms with Crippen molar-refractivity contribution < 1.29 is 19.7 Å². The minimum absolute atomic E-state index is 0.0812. The lowest BCUT2D eigenvalue weighted by molar-refractivity contribution is 0.104. The molecule has 0 aliphatic carbocycles. The van der Waals surface area contributed by atoms with Crippen molar-refractivity contribution in [1.82, 2.24) is 0 Å². The van der Waals surface area contributed by atoms with E-state index in [0.29, 0.717) is 11.3 Å². The molecule has 0 fully saturated rings. The fraction of sp³-hybridized carbons (Fsp3) is 0.0556. The van der Waals surface area contributed by atoms with E-state index in [9.17, 15) is 15.0 Å². The topological polar surface area (TPSA) is 66.8 Å². The van der Waals surface area contributed by atoms with Crippen molar-refractivity contribution in [3.8, 4) is 17.2 Å². The van der Waals surface area contributed by atoms with Gasteiger partial charge < -0.3 is 14.9 Å². The molecule has 2 aromatic carbocycles. The van der Waals surface area contributed by atoms with Gasteiger partial charge in [0.15, 0.2) is 17.3 Å². The van der Waals surface area contributed by atoms with Gasteiger partial charge in [0.2, 0.25) is 0 Å². The molecule has 4 heteroatoms. The highest BCUT2D eigenvalue weighted by Crippen LogP contribution is 2.26. The summed E-state index contributed by atoms with van der Waals surface area (Å²) in [7, 11) is 1.48. The molecule has 22 heavy (non-hydrogen) atoms. The zero-order valence-corrected chi connectivity index (χ0v) is 12.1. The van der Waals surface area contributed by atoms with Gasteiger partial charge in [0.1, 0.15) is 5.75 Å². The molecule has 0 spiro atoms. The van der Waals surface area contributed by atoms with Crippen LogP contribution < -0.4 is 4.74 Å². The van der Waals surface area contributed by atoms with E-state index in [0.717, 1.165) is 5.56 Å². The van der Waals surface area contributed by atoms with Crippen molar-refractivity contribution >= 4 is 11.9 Å². The zero-order chi connectivity index (χ0) is 15.9. The second-order valence-corrected chi connectivity index (χ2v) is 4.56. The predicted molar refractivity (Wildman–Crippen MR) is 85.3 cm³/mol. The Labute approximate surface area is 128 Å².